The molecule has 0 aromatic carbocycles. The standard InChI is InChI=1S/C8H11NO4S2/c1-8(2,7(10)11)9-15(12,13)6-4-3-5-14-6/h3-5,9H,1-2H3,(H,10,11). The van der Waals surface area contributed by atoms with Crippen LogP contribution in [0.1, 0.15) is 13.8 Å². The number of carboxylic acid groups (broad SMARTS) is 1. The van der Waals surface area contributed by atoms with Crippen LogP contribution in [0.2, 0.25) is 0 Å². The SMILES string of the molecule is CC(C)(NS(=O)(=O)c1cccs1)C(=O)O. The molecule has 0 saturated carbocycles. The molecule has 1 rings (SSSR count). The van der Waals surface area contributed by atoms with E-state index in [-0.39, 0.29) is 4.21 Å². The van der Waals surface area contributed by atoms with Crippen LogP contribution in [-0.4, -0.2) is 25.0 Å². The predicted molar refractivity (Wildman–Crippen MR) is 56.4 cm³/mol. The first-order valence-electron chi connectivity index (χ1n) is 4.06. The van der Waals surface area contributed by atoms with Crippen LogP contribution in [0.25, 0.3) is 0 Å². The molecule has 0 bridgehead atoms. The molecule has 0 aliphatic heterocycles. The van der Waals surface area contributed by atoms with Crippen LogP contribution in [0.3, 0.4) is 0 Å². The third-order valence-electron chi connectivity index (χ3n) is 1.68. The fraction of sp³-hybridized carbons (Fsp3) is 0.375. The van der Waals surface area contributed by atoms with Gasteiger partial charge in [-0.25, -0.2) is 8.42 Å². The van der Waals surface area contributed by atoms with Gasteiger partial charge < -0.3 is 5.11 Å². The molecule has 0 aliphatic carbocycles. The van der Waals surface area contributed by atoms with E-state index in [1.807, 2.05) is 0 Å². The number of carboxylic acids is 1. The molecule has 0 aliphatic rings. The Morgan fingerprint density at radius 1 is 1.53 bits per heavy atom. The van der Waals surface area contributed by atoms with E-state index in [9.17, 15) is 13.2 Å². The Balaban J connectivity index is 2.97. The van der Waals surface area contributed by atoms with Gasteiger partial charge in [-0.05, 0) is 25.3 Å². The minimum absolute atomic E-state index is 0.108. The largest absolute Gasteiger partial charge is 0.480 e. The Bertz CT molecular complexity index is 447. The maximum absolute atomic E-state index is 11.6. The molecule has 0 saturated heterocycles. The normalized spacial score (nSPS) is 12.7. The van der Waals surface area contributed by atoms with Crippen LogP contribution in [0.4, 0.5) is 0 Å². The van der Waals surface area contributed by atoms with Crippen LogP contribution in [0.5, 0.6) is 0 Å². The second-order valence-corrected chi connectivity index (χ2v) is 6.32. The lowest BCUT2D eigenvalue weighted by atomic mass is 10.1. The number of hydrogen-bond donors (Lipinski definition) is 2. The number of sulfonamides is 1. The fourth-order valence-corrected chi connectivity index (χ4v) is 3.21. The van der Waals surface area contributed by atoms with Gasteiger partial charge in [0.15, 0.2) is 0 Å². The predicted octanol–water partition coefficient (Wildman–Crippen LogP) is 0.890. The van der Waals surface area contributed by atoms with Crippen molar-refractivity contribution in [1.82, 2.24) is 4.72 Å². The second-order valence-electron chi connectivity index (χ2n) is 3.47. The molecule has 1 heterocycles. The lowest BCUT2D eigenvalue weighted by molar-refractivity contribution is -0.142. The van der Waals surface area contributed by atoms with E-state index in [0.717, 1.165) is 11.3 Å². The van der Waals surface area contributed by atoms with Crippen LogP contribution < -0.4 is 4.72 Å². The van der Waals surface area contributed by atoms with Gasteiger partial charge in [-0.15, -0.1) is 11.3 Å². The van der Waals surface area contributed by atoms with E-state index in [1.165, 1.54) is 19.9 Å². The first-order valence-corrected chi connectivity index (χ1v) is 6.43. The lowest BCUT2D eigenvalue weighted by Gasteiger charge is -2.19. The summed E-state index contributed by atoms with van der Waals surface area (Å²) in [7, 11) is -3.73. The summed E-state index contributed by atoms with van der Waals surface area (Å²) in [6.45, 7) is 2.58. The van der Waals surface area contributed by atoms with E-state index in [1.54, 1.807) is 11.4 Å². The molecule has 0 amide bonds. The van der Waals surface area contributed by atoms with Crippen molar-refractivity contribution in [3.63, 3.8) is 0 Å². The summed E-state index contributed by atoms with van der Waals surface area (Å²) in [6.07, 6.45) is 0. The average molecular weight is 249 g/mol. The average Bonchev–Trinajstić information content (AvgIpc) is 2.53. The highest BCUT2D eigenvalue weighted by Crippen LogP contribution is 2.18. The molecule has 0 fully saturated rings. The van der Waals surface area contributed by atoms with Crippen LogP contribution in [-0.2, 0) is 14.8 Å². The first kappa shape index (κ1) is 12.2. The summed E-state index contributed by atoms with van der Waals surface area (Å²) in [6, 6.07) is 3.01. The van der Waals surface area contributed by atoms with Gasteiger partial charge in [0.05, 0.1) is 0 Å². The number of aliphatic carboxylic acids is 1. The van der Waals surface area contributed by atoms with Crippen LogP contribution in [0, 0.1) is 0 Å². The zero-order valence-electron chi connectivity index (χ0n) is 8.22. The highest BCUT2D eigenvalue weighted by molar-refractivity contribution is 7.91. The van der Waals surface area contributed by atoms with Crippen LogP contribution in [0.15, 0.2) is 21.7 Å². The molecule has 84 valence electrons. The summed E-state index contributed by atoms with van der Waals surface area (Å²) in [5.74, 6) is -1.22. The molecule has 5 nitrogen and oxygen atoms in total. The maximum Gasteiger partial charge on any atom is 0.324 e. The second kappa shape index (κ2) is 3.92. The molecule has 0 unspecified atom stereocenters. The van der Waals surface area contributed by atoms with Gasteiger partial charge in [0.25, 0.3) is 10.0 Å². The Labute approximate surface area is 91.8 Å². The van der Waals surface area contributed by atoms with E-state index in [0.29, 0.717) is 0 Å². The zero-order valence-corrected chi connectivity index (χ0v) is 9.85. The molecule has 15 heavy (non-hydrogen) atoms. The van der Waals surface area contributed by atoms with Crippen molar-refractivity contribution >= 4 is 27.3 Å². The number of nitrogens with one attached hydrogen (secondary N) is 1. The summed E-state index contributed by atoms with van der Waals surface area (Å²) in [5, 5.41) is 10.4. The molecule has 0 spiro atoms. The van der Waals surface area contributed by atoms with E-state index < -0.39 is 21.5 Å². The van der Waals surface area contributed by atoms with Crippen molar-refractivity contribution in [3.05, 3.63) is 17.5 Å². The molecule has 1 aromatic rings. The number of carbonyl (C=O) groups is 1. The van der Waals surface area contributed by atoms with Crippen molar-refractivity contribution < 1.29 is 18.3 Å². The third kappa shape index (κ3) is 2.77. The van der Waals surface area contributed by atoms with Crippen molar-refractivity contribution in [3.8, 4) is 0 Å². The van der Waals surface area contributed by atoms with Gasteiger partial charge in [0.2, 0.25) is 0 Å². The highest BCUT2D eigenvalue weighted by Gasteiger charge is 2.33. The Hall–Kier alpha value is -0.920. The van der Waals surface area contributed by atoms with Crippen molar-refractivity contribution in [2.75, 3.05) is 0 Å². The van der Waals surface area contributed by atoms with Crippen molar-refractivity contribution in [2.24, 2.45) is 0 Å². The summed E-state index contributed by atoms with van der Waals surface area (Å²) in [4.78, 5) is 10.7. The molecule has 7 heteroatoms. The van der Waals surface area contributed by atoms with Gasteiger partial charge in [-0.1, -0.05) is 6.07 Å². The molecule has 2 N–H and O–H groups in total. The monoisotopic (exact) mass is 249 g/mol. The quantitative estimate of drug-likeness (QED) is 0.830. The molecule has 0 radical (unpaired) electrons. The minimum atomic E-state index is -3.73. The smallest absolute Gasteiger partial charge is 0.324 e. The molecular formula is C8H11NO4S2. The van der Waals surface area contributed by atoms with Crippen LogP contribution >= 0.6 is 11.3 Å². The van der Waals surface area contributed by atoms with E-state index in [2.05, 4.69) is 4.72 Å². The van der Waals surface area contributed by atoms with Crippen molar-refractivity contribution in [1.29, 1.82) is 0 Å². The third-order valence-corrected chi connectivity index (χ3v) is 4.74. The Morgan fingerprint density at radius 2 is 2.13 bits per heavy atom. The van der Waals surface area contributed by atoms with E-state index in [4.69, 9.17) is 5.11 Å². The van der Waals surface area contributed by atoms with Gasteiger partial charge in [0, 0.05) is 0 Å². The Kier molecular flexibility index (Phi) is 3.17. The molecule has 0 atom stereocenters. The topological polar surface area (TPSA) is 83.5 Å². The number of thiophene rings is 1. The van der Waals surface area contributed by atoms with Gasteiger partial charge >= 0.3 is 5.97 Å². The first-order chi connectivity index (χ1) is 6.76. The lowest BCUT2D eigenvalue weighted by Crippen LogP contribution is -2.49. The fourth-order valence-electron chi connectivity index (χ4n) is 0.846. The Morgan fingerprint density at radius 3 is 2.53 bits per heavy atom. The number of rotatable bonds is 4. The number of hydrogen-bond acceptors (Lipinski definition) is 4. The van der Waals surface area contributed by atoms with Crippen molar-refractivity contribution in [2.45, 2.75) is 23.6 Å². The minimum Gasteiger partial charge on any atom is -0.480 e. The summed E-state index contributed by atoms with van der Waals surface area (Å²) in [5.41, 5.74) is -1.51. The zero-order chi connectivity index (χ0) is 11.7. The summed E-state index contributed by atoms with van der Waals surface area (Å²) >= 11 is 1.04. The van der Waals surface area contributed by atoms with Gasteiger partial charge in [0.1, 0.15) is 9.75 Å². The van der Waals surface area contributed by atoms with Gasteiger partial charge in [-0.3, -0.25) is 4.79 Å². The molecule has 1 aromatic heterocycles. The maximum atomic E-state index is 11.6. The van der Waals surface area contributed by atoms with E-state index >= 15 is 0 Å². The van der Waals surface area contributed by atoms with Gasteiger partial charge in [-0.2, -0.15) is 4.72 Å². The molecular weight excluding hydrogens is 238 g/mol. The summed E-state index contributed by atoms with van der Waals surface area (Å²) < 4.78 is 25.5. The highest BCUT2D eigenvalue weighted by atomic mass is 32.2.